The van der Waals surface area contributed by atoms with Gasteiger partial charge in [-0.15, -0.1) is 0 Å². The SMILES string of the molecule is COc1ccc([C@H]2CC(c3ccccc3)=NN2C(=O)Cn2nc3c(cc2=O)CCCC3)cc1. The van der Waals surface area contributed by atoms with Gasteiger partial charge in [-0.05, 0) is 54.5 Å². The van der Waals surface area contributed by atoms with Crippen LogP contribution >= 0.6 is 0 Å². The molecular formula is C26H26N4O3. The van der Waals surface area contributed by atoms with Crippen molar-refractivity contribution in [1.29, 1.82) is 0 Å². The monoisotopic (exact) mass is 442 g/mol. The Hall–Kier alpha value is -3.74. The van der Waals surface area contributed by atoms with Gasteiger partial charge in [0.15, 0.2) is 0 Å². The molecule has 33 heavy (non-hydrogen) atoms. The van der Waals surface area contributed by atoms with E-state index < -0.39 is 0 Å². The topological polar surface area (TPSA) is 76.8 Å². The minimum Gasteiger partial charge on any atom is -0.497 e. The maximum absolute atomic E-state index is 13.4. The zero-order valence-electron chi connectivity index (χ0n) is 18.6. The number of carbonyl (C=O) groups excluding carboxylic acids is 1. The average Bonchev–Trinajstić information content (AvgIpc) is 3.31. The molecule has 7 heteroatoms. The minimum atomic E-state index is -0.257. The van der Waals surface area contributed by atoms with E-state index in [1.807, 2.05) is 54.6 Å². The Morgan fingerprint density at radius 2 is 1.82 bits per heavy atom. The summed E-state index contributed by atoms with van der Waals surface area (Å²) in [7, 11) is 1.63. The molecule has 1 aromatic heterocycles. The van der Waals surface area contributed by atoms with Crippen LogP contribution in [0, 0.1) is 0 Å². The Labute approximate surface area is 192 Å². The van der Waals surface area contributed by atoms with Crippen LogP contribution in [0.3, 0.4) is 0 Å². The van der Waals surface area contributed by atoms with Crippen LogP contribution < -0.4 is 10.3 Å². The van der Waals surface area contributed by atoms with Crippen molar-refractivity contribution in [3.63, 3.8) is 0 Å². The Morgan fingerprint density at radius 1 is 1.06 bits per heavy atom. The molecule has 2 aliphatic rings. The lowest BCUT2D eigenvalue weighted by molar-refractivity contribution is -0.133. The lowest BCUT2D eigenvalue weighted by Crippen LogP contribution is -2.35. The van der Waals surface area contributed by atoms with Gasteiger partial charge in [-0.2, -0.15) is 10.2 Å². The van der Waals surface area contributed by atoms with Gasteiger partial charge in [0, 0.05) is 12.5 Å². The summed E-state index contributed by atoms with van der Waals surface area (Å²) >= 11 is 0. The summed E-state index contributed by atoms with van der Waals surface area (Å²) in [6, 6.07) is 18.9. The molecular weight excluding hydrogens is 416 g/mol. The predicted molar refractivity (Wildman–Crippen MR) is 125 cm³/mol. The van der Waals surface area contributed by atoms with E-state index >= 15 is 0 Å². The third kappa shape index (κ3) is 4.31. The molecule has 1 aliphatic carbocycles. The van der Waals surface area contributed by atoms with E-state index in [2.05, 4.69) is 5.10 Å². The second kappa shape index (κ2) is 9.02. The van der Waals surface area contributed by atoms with E-state index in [1.54, 1.807) is 13.2 Å². The van der Waals surface area contributed by atoms with E-state index in [0.717, 1.165) is 59.5 Å². The normalized spacial score (nSPS) is 17.4. The predicted octanol–water partition coefficient (Wildman–Crippen LogP) is 3.51. The fraction of sp³-hybridized carbons (Fsp3) is 0.308. The Balaban J connectivity index is 1.46. The van der Waals surface area contributed by atoms with Gasteiger partial charge in [0.25, 0.3) is 11.5 Å². The number of hydrogen-bond acceptors (Lipinski definition) is 5. The molecule has 7 nitrogen and oxygen atoms in total. The third-order valence-electron chi connectivity index (χ3n) is 6.33. The summed E-state index contributed by atoms with van der Waals surface area (Å²) in [5.41, 5.74) is 4.49. The van der Waals surface area contributed by atoms with Crippen molar-refractivity contribution < 1.29 is 9.53 Å². The molecule has 0 fully saturated rings. The maximum Gasteiger partial charge on any atom is 0.267 e. The van der Waals surface area contributed by atoms with Crippen molar-refractivity contribution >= 4 is 11.6 Å². The molecule has 1 atom stereocenters. The number of hydrogen-bond donors (Lipinski definition) is 0. The highest BCUT2D eigenvalue weighted by atomic mass is 16.5. The number of methoxy groups -OCH3 is 1. The first kappa shape index (κ1) is 21.1. The first-order valence-corrected chi connectivity index (χ1v) is 11.3. The fourth-order valence-electron chi connectivity index (χ4n) is 4.55. The second-order valence-electron chi connectivity index (χ2n) is 8.46. The summed E-state index contributed by atoms with van der Waals surface area (Å²) in [5, 5.41) is 10.7. The van der Waals surface area contributed by atoms with E-state index in [-0.39, 0.29) is 24.1 Å². The number of rotatable bonds is 5. The summed E-state index contributed by atoms with van der Waals surface area (Å²) in [4.78, 5) is 26.0. The Kier molecular flexibility index (Phi) is 5.77. The smallest absolute Gasteiger partial charge is 0.267 e. The highest BCUT2D eigenvalue weighted by Gasteiger charge is 2.33. The van der Waals surface area contributed by atoms with Crippen LogP contribution in [0.2, 0.25) is 0 Å². The molecule has 3 aromatic rings. The summed E-state index contributed by atoms with van der Waals surface area (Å²) in [6.45, 7) is -0.135. The summed E-state index contributed by atoms with van der Waals surface area (Å²) < 4.78 is 6.56. The van der Waals surface area contributed by atoms with Gasteiger partial charge in [-0.1, -0.05) is 42.5 Å². The Bertz CT molecular complexity index is 1250. The number of carbonyl (C=O) groups is 1. The zero-order chi connectivity index (χ0) is 22.8. The van der Waals surface area contributed by atoms with Crippen molar-refractivity contribution in [2.75, 3.05) is 7.11 Å². The number of benzene rings is 2. The van der Waals surface area contributed by atoms with Gasteiger partial charge in [-0.25, -0.2) is 9.69 Å². The van der Waals surface area contributed by atoms with Gasteiger partial charge >= 0.3 is 0 Å². The van der Waals surface area contributed by atoms with Crippen molar-refractivity contribution in [3.8, 4) is 5.75 Å². The average molecular weight is 443 g/mol. The highest BCUT2D eigenvalue weighted by Crippen LogP contribution is 2.33. The van der Waals surface area contributed by atoms with Crippen LogP contribution in [0.5, 0.6) is 5.75 Å². The first-order chi connectivity index (χ1) is 16.1. The molecule has 0 saturated carbocycles. The molecule has 2 heterocycles. The van der Waals surface area contributed by atoms with Gasteiger partial charge in [0.1, 0.15) is 12.3 Å². The minimum absolute atomic E-state index is 0.135. The molecule has 2 aromatic carbocycles. The van der Waals surface area contributed by atoms with Crippen LogP contribution in [-0.4, -0.2) is 33.5 Å². The molecule has 0 unspecified atom stereocenters. The molecule has 0 N–H and O–H groups in total. The molecule has 168 valence electrons. The first-order valence-electron chi connectivity index (χ1n) is 11.3. The van der Waals surface area contributed by atoms with Crippen LogP contribution in [0.25, 0.3) is 0 Å². The van der Waals surface area contributed by atoms with Crippen molar-refractivity contribution in [1.82, 2.24) is 14.8 Å². The van der Waals surface area contributed by atoms with E-state index in [4.69, 9.17) is 9.84 Å². The largest absolute Gasteiger partial charge is 0.497 e. The second-order valence-corrected chi connectivity index (χ2v) is 8.46. The lowest BCUT2D eigenvalue weighted by Gasteiger charge is -2.23. The Morgan fingerprint density at radius 3 is 2.58 bits per heavy atom. The van der Waals surface area contributed by atoms with Crippen molar-refractivity contribution in [3.05, 3.63) is 93.4 Å². The fourth-order valence-corrected chi connectivity index (χ4v) is 4.55. The van der Waals surface area contributed by atoms with E-state index in [9.17, 15) is 9.59 Å². The zero-order valence-corrected chi connectivity index (χ0v) is 18.6. The number of ether oxygens (including phenoxy) is 1. The van der Waals surface area contributed by atoms with E-state index in [1.165, 1.54) is 9.69 Å². The molecule has 0 spiro atoms. The standard InChI is InChI=1S/C26H26N4O3/c1-33-21-13-11-19(12-14-21)24-16-23(18-7-3-2-4-8-18)28-30(24)26(32)17-29-25(31)15-20-9-5-6-10-22(20)27-29/h2-4,7-8,11-15,24H,5-6,9-10,16-17H2,1H3/t24-/m1/s1. The molecule has 0 radical (unpaired) electrons. The highest BCUT2D eigenvalue weighted by molar-refractivity contribution is 6.03. The molecule has 1 amide bonds. The molecule has 5 rings (SSSR count). The number of nitrogens with zero attached hydrogens (tertiary/aromatic N) is 4. The van der Waals surface area contributed by atoms with Gasteiger partial charge in [0.2, 0.25) is 0 Å². The van der Waals surface area contributed by atoms with Gasteiger partial charge < -0.3 is 4.74 Å². The number of amides is 1. The molecule has 1 aliphatic heterocycles. The van der Waals surface area contributed by atoms with Crippen LogP contribution in [0.15, 0.2) is 70.6 Å². The van der Waals surface area contributed by atoms with Crippen LogP contribution in [-0.2, 0) is 24.2 Å². The number of hydrazone groups is 1. The van der Waals surface area contributed by atoms with Crippen molar-refractivity contribution in [2.45, 2.75) is 44.7 Å². The van der Waals surface area contributed by atoms with Gasteiger partial charge in [0.05, 0.1) is 24.6 Å². The summed E-state index contributed by atoms with van der Waals surface area (Å²) in [5.74, 6) is 0.496. The van der Waals surface area contributed by atoms with Crippen molar-refractivity contribution in [2.24, 2.45) is 5.10 Å². The molecule has 0 bridgehead atoms. The third-order valence-corrected chi connectivity index (χ3v) is 6.33. The lowest BCUT2D eigenvalue weighted by atomic mass is 9.97. The van der Waals surface area contributed by atoms with Crippen LogP contribution in [0.1, 0.15) is 47.7 Å². The molecule has 0 saturated heterocycles. The van der Waals surface area contributed by atoms with E-state index in [0.29, 0.717) is 6.42 Å². The maximum atomic E-state index is 13.4. The number of aryl methyl sites for hydroxylation is 2. The van der Waals surface area contributed by atoms with Crippen LogP contribution in [0.4, 0.5) is 0 Å². The van der Waals surface area contributed by atoms with Gasteiger partial charge in [-0.3, -0.25) is 9.59 Å². The number of fused-ring (bicyclic) bond motifs is 1. The number of aromatic nitrogens is 2. The summed E-state index contributed by atoms with van der Waals surface area (Å²) in [6.07, 6.45) is 4.45. The quantitative estimate of drug-likeness (QED) is 0.606.